The molecule has 1 saturated heterocycles. The zero-order valence-electron chi connectivity index (χ0n) is 16.9. The molecule has 170 valence electrons. The van der Waals surface area contributed by atoms with Gasteiger partial charge in [-0.15, -0.1) is 0 Å². The van der Waals surface area contributed by atoms with E-state index in [1.165, 1.54) is 11.8 Å². The number of nitrogens with two attached hydrogens (primary N) is 3. The number of carbonyl (C=O) groups excluding carboxylic acids is 3. The van der Waals surface area contributed by atoms with Gasteiger partial charge in [-0.3, -0.25) is 24.2 Å². The number of carboxylic acid groups (broad SMARTS) is 1. The quantitative estimate of drug-likeness (QED) is 0.0977. The minimum atomic E-state index is -1.23. The maximum absolute atomic E-state index is 13.1. The van der Waals surface area contributed by atoms with Crippen molar-refractivity contribution in [2.75, 3.05) is 19.6 Å². The lowest BCUT2D eigenvalue weighted by Gasteiger charge is -2.29. The van der Waals surface area contributed by atoms with E-state index in [1.54, 1.807) is 0 Å². The third-order valence-electron chi connectivity index (χ3n) is 4.63. The maximum Gasteiger partial charge on any atom is 0.322 e. The largest absolute Gasteiger partial charge is 0.480 e. The van der Waals surface area contributed by atoms with Crippen molar-refractivity contribution in [1.29, 1.82) is 0 Å². The lowest BCUT2D eigenvalue weighted by atomic mass is 10.1. The standard InChI is InChI=1S/C17H31N7O6/c1-9(25)13(18)15(29)23-10(4-2-6-21-17(19)20)16(30)24-7-3-5-11(24)14(28)22-8-12(26)27/h9-11,13,25H,2-8,18H2,1H3,(H,22,28)(H,23,29)(H,26,27)(H4,19,20,21). The second kappa shape index (κ2) is 11.9. The summed E-state index contributed by atoms with van der Waals surface area (Å²) >= 11 is 0. The molecule has 10 N–H and O–H groups in total. The normalized spacial score (nSPS) is 18.8. The van der Waals surface area contributed by atoms with Crippen LogP contribution in [0.3, 0.4) is 0 Å². The molecular weight excluding hydrogens is 398 g/mol. The van der Waals surface area contributed by atoms with Crippen LogP contribution in [0.4, 0.5) is 0 Å². The van der Waals surface area contributed by atoms with Gasteiger partial charge in [-0.2, -0.15) is 0 Å². The Balaban J connectivity index is 2.89. The van der Waals surface area contributed by atoms with Gasteiger partial charge in [-0.05, 0) is 32.6 Å². The number of nitrogens with zero attached hydrogens (tertiary/aromatic N) is 2. The third kappa shape index (κ3) is 7.83. The summed E-state index contributed by atoms with van der Waals surface area (Å²) in [5, 5.41) is 23.0. The molecule has 13 nitrogen and oxygen atoms in total. The Morgan fingerprint density at radius 3 is 2.50 bits per heavy atom. The van der Waals surface area contributed by atoms with Crippen molar-refractivity contribution in [3.8, 4) is 0 Å². The van der Waals surface area contributed by atoms with Crippen molar-refractivity contribution < 1.29 is 29.4 Å². The van der Waals surface area contributed by atoms with E-state index in [1.807, 2.05) is 0 Å². The summed E-state index contributed by atoms with van der Waals surface area (Å²) < 4.78 is 0. The third-order valence-corrected chi connectivity index (χ3v) is 4.63. The molecule has 0 spiro atoms. The number of aliphatic hydroxyl groups is 1. The zero-order chi connectivity index (χ0) is 22.8. The highest BCUT2D eigenvalue weighted by Crippen LogP contribution is 2.20. The molecule has 30 heavy (non-hydrogen) atoms. The van der Waals surface area contributed by atoms with E-state index < -0.39 is 54.5 Å². The molecule has 1 aliphatic rings. The number of aliphatic hydroxyl groups excluding tert-OH is 1. The van der Waals surface area contributed by atoms with E-state index in [0.717, 1.165) is 0 Å². The van der Waals surface area contributed by atoms with Crippen LogP contribution in [-0.4, -0.2) is 88.6 Å². The number of carboxylic acids is 1. The van der Waals surface area contributed by atoms with E-state index in [-0.39, 0.29) is 25.5 Å². The number of guanidine groups is 1. The maximum atomic E-state index is 13.1. The molecule has 0 aromatic heterocycles. The first-order valence-corrected chi connectivity index (χ1v) is 9.64. The van der Waals surface area contributed by atoms with Gasteiger partial charge in [0.25, 0.3) is 0 Å². The minimum absolute atomic E-state index is 0.104. The van der Waals surface area contributed by atoms with Gasteiger partial charge in [-0.1, -0.05) is 0 Å². The van der Waals surface area contributed by atoms with Crippen LogP contribution in [0.1, 0.15) is 32.6 Å². The van der Waals surface area contributed by atoms with Gasteiger partial charge in [0.05, 0.1) is 6.10 Å². The molecule has 0 aromatic carbocycles. The van der Waals surface area contributed by atoms with E-state index in [0.29, 0.717) is 19.3 Å². The number of carbonyl (C=O) groups is 4. The smallest absolute Gasteiger partial charge is 0.322 e. The fraction of sp³-hybridized carbons (Fsp3) is 0.706. The predicted octanol–water partition coefficient (Wildman–Crippen LogP) is -3.58. The molecule has 3 amide bonds. The fourth-order valence-electron chi connectivity index (χ4n) is 3.03. The van der Waals surface area contributed by atoms with Crippen LogP contribution in [0, 0.1) is 0 Å². The van der Waals surface area contributed by atoms with E-state index in [9.17, 15) is 24.3 Å². The van der Waals surface area contributed by atoms with Gasteiger partial charge >= 0.3 is 5.97 Å². The average Bonchev–Trinajstić information content (AvgIpc) is 3.16. The zero-order valence-corrected chi connectivity index (χ0v) is 16.9. The Morgan fingerprint density at radius 1 is 1.27 bits per heavy atom. The van der Waals surface area contributed by atoms with Crippen molar-refractivity contribution in [1.82, 2.24) is 15.5 Å². The SMILES string of the molecule is CC(O)C(N)C(=O)NC(CCCN=C(N)N)C(=O)N1CCCC1C(=O)NCC(=O)O. The van der Waals surface area contributed by atoms with Crippen LogP contribution in [-0.2, 0) is 19.2 Å². The van der Waals surface area contributed by atoms with Crippen LogP contribution >= 0.6 is 0 Å². The van der Waals surface area contributed by atoms with Crippen molar-refractivity contribution in [3.05, 3.63) is 0 Å². The van der Waals surface area contributed by atoms with Gasteiger partial charge in [0.1, 0.15) is 24.7 Å². The summed E-state index contributed by atoms with van der Waals surface area (Å²) in [4.78, 5) is 53.5. The predicted molar refractivity (Wildman–Crippen MR) is 107 cm³/mol. The Labute approximate surface area is 174 Å². The van der Waals surface area contributed by atoms with E-state index >= 15 is 0 Å². The van der Waals surface area contributed by atoms with Gasteiger partial charge in [0.2, 0.25) is 17.7 Å². The monoisotopic (exact) mass is 429 g/mol. The molecule has 1 fully saturated rings. The lowest BCUT2D eigenvalue weighted by molar-refractivity contribution is -0.143. The number of aliphatic imine (C=N–C) groups is 1. The topological polar surface area (TPSA) is 226 Å². The molecule has 0 radical (unpaired) electrons. The number of nitrogens with one attached hydrogen (secondary N) is 2. The summed E-state index contributed by atoms with van der Waals surface area (Å²) in [5.74, 6) is -3.09. The van der Waals surface area contributed by atoms with E-state index in [4.69, 9.17) is 22.3 Å². The summed E-state index contributed by atoms with van der Waals surface area (Å²) in [6, 6.07) is -3.07. The molecule has 0 aromatic rings. The Hall–Kier alpha value is -2.93. The fourth-order valence-corrected chi connectivity index (χ4v) is 3.03. The highest BCUT2D eigenvalue weighted by Gasteiger charge is 2.38. The average molecular weight is 429 g/mol. The molecule has 1 heterocycles. The number of amides is 3. The first-order valence-electron chi connectivity index (χ1n) is 9.64. The molecule has 0 saturated carbocycles. The number of rotatable bonds is 11. The Kier molecular flexibility index (Phi) is 9.98. The van der Waals surface area contributed by atoms with Gasteiger partial charge < -0.3 is 42.9 Å². The minimum Gasteiger partial charge on any atom is -0.480 e. The highest BCUT2D eigenvalue weighted by atomic mass is 16.4. The molecule has 1 rings (SSSR count). The van der Waals surface area contributed by atoms with Crippen LogP contribution in [0.5, 0.6) is 0 Å². The Morgan fingerprint density at radius 2 is 1.93 bits per heavy atom. The van der Waals surface area contributed by atoms with Crippen LogP contribution in [0.15, 0.2) is 4.99 Å². The molecule has 4 atom stereocenters. The molecular formula is C17H31N7O6. The molecule has 4 unspecified atom stereocenters. The number of hydrogen-bond donors (Lipinski definition) is 7. The van der Waals surface area contributed by atoms with Crippen molar-refractivity contribution >= 4 is 29.7 Å². The molecule has 0 aliphatic carbocycles. The second-order valence-electron chi connectivity index (χ2n) is 7.08. The van der Waals surface area contributed by atoms with Crippen molar-refractivity contribution in [3.63, 3.8) is 0 Å². The second-order valence-corrected chi connectivity index (χ2v) is 7.08. The van der Waals surface area contributed by atoms with Crippen molar-refractivity contribution in [2.45, 2.75) is 56.8 Å². The van der Waals surface area contributed by atoms with Crippen LogP contribution < -0.4 is 27.8 Å². The number of hydrogen-bond acceptors (Lipinski definition) is 7. The highest BCUT2D eigenvalue weighted by molar-refractivity contribution is 5.94. The lowest BCUT2D eigenvalue weighted by Crippen LogP contribution is -2.57. The summed E-state index contributed by atoms with van der Waals surface area (Å²) in [6.45, 7) is 1.31. The van der Waals surface area contributed by atoms with Gasteiger partial charge in [0.15, 0.2) is 5.96 Å². The first-order chi connectivity index (χ1) is 14.0. The van der Waals surface area contributed by atoms with E-state index in [2.05, 4.69) is 15.6 Å². The molecule has 0 bridgehead atoms. The Bertz CT molecular complexity index is 665. The number of likely N-dealkylation sites (tertiary alicyclic amines) is 1. The van der Waals surface area contributed by atoms with Gasteiger partial charge in [0, 0.05) is 13.1 Å². The van der Waals surface area contributed by atoms with Crippen molar-refractivity contribution in [2.24, 2.45) is 22.2 Å². The van der Waals surface area contributed by atoms with Crippen LogP contribution in [0.2, 0.25) is 0 Å². The van der Waals surface area contributed by atoms with Gasteiger partial charge in [-0.25, -0.2) is 0 Å². The molecule has 1 aliphatic heterocycles. The number of aliphatic carboxylic acids is 1. The first kappa shape index (κ1) is 25.1. The summed E-state index contributed by atoms with van der Waals surface area (Å²) in [7, 11) is 0. The molecule has 13 heteroatoms. The van der Waals surface area contributed by atoms with Crippen LogP contribution in [0.25, 0.3) is 0 Å². The summed E-state index contributed by atoms with van der Waals surface area (Å²) in [6.07, 6.45) is 0.345. The summed E-state index contributed by atoms with van der Waals surface area (Å²) in [5.41, 5.74) is 16.2.